The summed E-state index contributed by atoms with van der Waals surface area (Å²) in [4.78, 5) is 26.8. The molecule has 154 valence electrons. The van der Waals surface area contributed by atoms with E-state index < -0.39 is 21.8 Å². The van der Waals surface area contributed by atoms with Crippen LogP contribution >= 0.6 is 0 Å². The van der Waals surface area contributed by atoms with E-state index in [0.29, 0.717) is 36.2 Å². The molecule has 0 radical (unpaired) electrons. The number of carbonyl (C=O) groups is 2. The van der Waals surface area contributed by atoms with E-state index in [9.17, 15) is 22.4 Å². The fraction of sp³-hybridized carbons (Fsp3) is 0.300. The van der Waals surface area contributed by atoms with Gasteiger partial charge in [-0.3, -0.25) is 9.59 Å². The fourth-order valence-corrected chi connectivity index (χ4v) is 4.19. The van der Waals surface area contributed by atoms with Crippen LogP contribution in [0.1, 0.15) is 28.8 Å². The molecule has 3 N–H and O–H groups in total. The highest BCUT2D eigenvalue weighted by atomic mass is 32.2. The summed E-state index contributed by atoms with van der Waals surface area (Å²) in [5.74, 6) is -1.41. The zero-order valence-corrected chi connectivity index (χ0v) is 16.7. The number of hydrogen-bond donors (Lipinski definition) is 2. The second-order valence-electron chi connectivity index (χ2n) is 7.11. The molecule has 2 amide bonds. The molecule has 1 saturated heterocycles. The van der Waals surface area contributed by atoms with Crippen molar-refractivity contribution in [2.24, 2.45) is 11.1 Å². The van der Waals surface area contributed by atoms with Crippen molar-refractivity contribution in [1.82, 2.24) is 4.90 Å². The van der Waals surface area contributed by atoms with Gasteiger partial charge in [0, 0.05) is 24.3 Å². The lowest BCUT2D eigenvalue weighted by Gasteiger charge is -2.32. The van der Waals surface area contributed by atoms with Gasteiger partial charge in [0.15, 0.2) is 0 Å². The van der Waals surface area contributed by atoms with Gasteiger partial charge in [-0.15, -0.1) is 0 Å². The normalized spacial score (nSPS) is 17.1. The lowest BCUT2D eigenvalue weighted by Crippen LogP contribution is -2.43. The number of nitrogens with two attached hydrogens (primary N) is 1. The predicted molar refractivity (Wildman–Crippen MR) is 106 cm³/mol. The van der Waals surface area contributed by atoms with Gasteiger partial charge in [-0.2, -0.15) is 0 Å². The van der Waals surface area contributed by atoms with Crippen molar-refractivity contribution in [3.63, 3.8) is 0 Å². The molecule has 1 heterocycles. The molecule has 0 saturated carbocycles. The van der Waals surface area contributed by atoms with E-state index >= 15 is 0 Å². The third-order valence-electron chi connectivity index (χ3n) is 4.93. The van der Waals surface area contributed by atoms with Gasteiger partial charge >= 0.3 is 0 Å². The standard InChI is InChI=1S/C20H22FN3O4S/c1-13-4-9-17(11-18(13)29(22,27)28)23-19(25)15-3-2-10-24(12-15)20(26)14-5-7-16(21)8-6-14/h4-9,11,15H,2-3,10,12H2,1H3,(H,23,25)(H2,22,27,28). The molecule has 0 aromatic heterocycles. The summed E-state index contributed by atoms with van der Waals surface area (Å²) in [7, 11) is -3.90. The van der Waals surface area contributed by atoms with Crippen LogP contribution in [0, 0.1) is 18.7 Å². The lowest BCUT2D eigenvalue weighted by molar-refractivity contribution is -0.121. The third kappa shape index (κ3) is 4.99. The zero-order valence-electron chi connectivity index (χ0n) is 15.9. The molecule has 1 atom stereocenters. The molecular weight excluding hydrogens is 397 g/mol. The van der Waals surface area contributed by atoms with Gasteiger partial charge in [0.05, 0.1) is 10.8 Å². The first-order valence-electron chi connectivity index (χ1n) is 9.14. The monoisotopic (exact) mass is 419 g/mol. The molecule has 1 fully saturated rings. The molecule has 2 aromatic carbocycles. The molecule has 1 aliphatic rings. The zero-order chi connectivity index (χ0) is 21.2. The summed E-state index contributed by atoms with van der Waals surface area (Å²) in [6, 6.07) is 9.79. The number of nitrogens with one attached hydrogen (secondary N) is 1. The van der Waals surface area contributed by atoms with E-state index in [1.165, 1.54) is 30.3 Å². The van der Waals surface area contributed by atoms with Crippen LogP contribution in [0.3, 0.4) is 0 Å². The van der Waals surface area contributed by atoms with Crippen LogP contribution in [0.5, 0.6) is 0 Å². The first-order valence-corrected chi connectivity index (χ1v) is 10.7. The number of piperidine rings is 1. The topological polar surface area (TPSA) is 110 Å². The minimum absolute atomic E-state index is 0.0490. The molecule has 9 heteroatoms. The quantitative estimate of drug-likeness (QED) is 0.792. The second kappa shape index (κ2) is 8.30. The first kappa shape index (κ1) is 20.9. The molecule has 2 aromatic rings. The van der Waals surface area contributed by atoms with E-state index in [1.807, 2.05) is 0 Å². The minimum atomic E-state index is -3.90. The van der Waals surface area contributed by atoms with Gasteiger partial charge in [0.1, 0.15) is 5.82 Å². The van der Waals surface area contributed by atoms with Crippen molar-refractivity contribution in [3.8, 4) is 0 Å². The molecule has 0 spiro atoms. The number of amides is 2. The van der Waals surface area contributed by atoms with Crippen molar-refractivity contribution < 1.29 is 22.4 Å². The molecule has 0 aliphatic carbocycles. The maximum atomic E-state index is 13.1. The molecule has 1 unspecified atom stereocenters. The van der Waals surface area contributed by atoms with Crippen LogP contribution in [0.15, 0.2) is 47.4 Å². The van der Waals surface area contributed by atoms with Crippen LogP contribution in [0.2, 0.25) is 0 Å². The molecule has 3 rings (SSSR count). The highest BCUT2D eigenvalue weighted by Crippen LogP contribution is 2.23. The summed E-state index contributed by atoms with van der Waals surface area (Å²) in [6.45, 7) is 2.36. The van der Waals surface area contributed by atoms with Crippen LogP contribution in [-0.2, 0) is 14.8 Å². The molecule has 1 aliphatic heterocycles. The summed E-state index contributed by atoms with van der Waals surface area (Å²) in [5.41, 5.74) is 1.18. The number of anilines is 1. The van der Waals surface area contributed by atoms with Crippen molar-refractivity contribution >= 4 is 27.5 Å². The number of sulfonamides is 1. The number of nitrogens with zero attached hydrogens (tertiary/aromatic N) is 1. The van der Waals surface area contributed by atoms with E-state index in [4.69, 9.17) is 5.14 Å². The summed E-state index contributed by atoms with van der Waals surface area (Å²) < 4.78 is 36.4. The van der Waals surface area contributed by atoms with Crippen molar-refractivity contribution in [1.29, 1.82) is 0 Å². The largest absolute Gasteiger partial charge is 0.338 e. The Morgan fingerprint density at radius 2 is 1.86 bits per heavy atom. The maximum absolute atomic E-state index is 13.1. The van der Waals surface area contributed by atoms with Crippen molar-refractivity contribution in [3.05, 3.63) is 59.4 Å². The van der Waals surface area contributed by atoms with Crippen LogP contribution in [-0.4, -0.2) is 38.2 Å². The molecular formula is C20H22FN3O4S. The van der Waals surface area contributed by atoms with Gasteiger partial charge in [0.25, 0.3) is 5.91 Å². The SMILES string of the molecule is Cc1ccc(NC(=O)C2CCCN(C(=O)c3ccc(F)cc3)C2)cc1S(N)(=O)=O. The van der Waals surface area contributed by atoms with Crippen molar-refractivity contribution in [2.45, 2.75) is 24.7 Å². The number of hydrogen-bond acceptors (Lipinski definition) is 4. The van der Waals surface area contributed by atoms with Crippen LogP contribution in [0.25, 0.3) is 0 Å². The Hall–Kier alpha value is -2.78. The van der Waals surface area contributed by atoms with Crippen LogP contribution in [0.4, 0.5) is 10.1 Å². The number of primary sulfonamides is 1. The van der Waals surface area contributed by atoms with E-state index in [1.54, 1.807) is 24.0 Å². The maximum Gasteiger partial charge on any atom is 0.253 e. The van der Waals surface area contributed by atoms with Gasteiger partial charge in [-0.1, -0.05) is 6.07 Å². The number of aryl methyl sites for hydroxylation is 1. The van der Waals surface area contributed by atoms with E-state index in [-0.39, 0.29) is 23.3 Å². The van der Waals surface area contributed by atoms with E-state index in [0.717, 1.165) is 0 Å². The Balaban J connectivity index is 1.70. The van der Waals surface area contributed by atoms with Gasteiger partial charge in [-0.05, 0) is 61.7 Å². The summed E-state index contributed by atoms with van der Waals surface area (Å²) in [5, 5.41) is 7.92. The number of benzene rings is 2. The lowest BCUT2D eigenvalue weighted by atomic mass is 9.96. The van der Waals surface area contributed by atoms with Gasteiger partial charge < -0.3 is 10.2 Å². The van der Waals surface area contributed by atoms with Crippen LogP contribution < -0.4 is 10.5 Å². The number of halogens is 1. The second-order valence-corrected chi connectivity index (χ2v) is 8.64. The highest BCUT2D eigenvalue weighted by Gasteiger charge is 2.29. The van der Waals surface area contributed by atoms with Gasteiger partial charge in [0.2, 0.25) is 15.9 Å². The Labute approximate surface area is 168 Å². The molecule has 7 nitrogen and oxygen atoms in total. The predicted octanol–water partition coefficient (Wildman–Crippen LogP) is 2.27. The Morgan fingerprint density at radius 1 is 1.17 bits per heavy atom. The number of likely N-dealkylation sites (tertiary alicyclic amines) is 1. The first-order chi connectivity index (χ1) is 13.6. The third-order valence-corrected chi connectivity index (χ3v) is 5.99. The molecule has 0 bridgehead atoms. The fourth-order valence-electron chi connectivity index (χ4n) is 3.38. The Morgan fingerprint density at radius 3 is 2.52 bits per heavy atom. The Bertz CT molecular complexity index is 1040. The summed E-state index contributed by atoms with van der Waals surface area (Å²) in [6.07, 6.45) is 1.26. The summed E-state index contributed by atoms with van der Waals surface area (Å²) >= 11 is 0. The van der Waals surface area contributed by atoms with Crippen molar-refractivity contribution in [2.75, 3.05) is 18.4 Å². The number of carbonyl (C=O) groups excluding carboxylic acids is 2. The Kier molecular flexibility index (Phi) is 5.99. The van der Waals surface area contributed by atoms with E-state index in [2.05, 4.69) is 5.32 Å². The average molecular weight is 419 g/mol. The smallest absolute Gasteiger partial charge is 0.253 e. The van der Waals surface area contributed by atoms with Gasteiger partial charge in [-0.25, -0.2) is 17.9 Å². The number of rotatable bonds is 4. The highest BCUT2D eigenvalue weighted by molar-refractivity contribution is 7.89. The minimum Gasteiger partial charge on any atom is -0.338 e. The molecule has 29 heavy (non-hydrogen) atoms. The average Bonchev–Trinajstić information content (AvgIpc) is 2.68.